The van der Waals surface area contributed by atoms with Crippen LogP contribution in [0.5, 0.6) is 11.5 Å². The lowest BCUT2D eigenvalue weighted by Crippen LogP contribution is -2.28. The number of nitrogens with zero attached hydrogens (tertiary/aromatic N) is 1. The summed E-state index contributed by atoms with van der Waals surface area (Å²) in [7, 11) is 0. The van der Waals surface area contributed by atoms with Gasteiger partial charge in [0.25, 0.3) is 0 Å². The molecular formula is C19H18N2O3. The number of carbonyl (C=O) groups is 1. The Kier molecular flexibility index (Phi) is 4.78. The van der Waals surface area contributed by atoms with Crippen molar-refractivity contribution in [1.29, 1.82) is 5.26 Å². The van der Waals surface area contributed by atoms with E-state index in [0.717, 1.165) is 6.42 Å². The minimum Gasteiger partial charge on any atom is -0.457 e. The number of aliphatic hydroxyl groups is 1. The smallest absolute Gasteiger partial charge is 0.230 e. The van der Waals surface area contributed by atoms with Crippen molar-refractivity contribution in [3.8, 4) is 17.6 Å². The fourth-order valence-electron chi connectivity index (χ4n) is 2.85. The summed E-state index contributed by atoms with van der Waals surface area (Å²) in [6.07, 6.45) is 1.72. The third-order valence-electron chi connectivity index (χ3n) is 4.14. The molecule has 2 N–H and O–H groups in total. The van der Waals surface area contributed by atoms with Gasteiger partial charge in [-0.05, 0) is 55.7 Å². The van der Waals surface area contributed by atoms with Gasteiger partial charge < -0.3 is 15.2 Å². The van der Waals surface area contributed by atoms with Gasteiger partial charge in [0.05, 0.1) is 23.7 Å². The zero-order chi connectivity index (χ0) is 16.9. The minimum absolute atomic E-state index is 0.157. The van der Waals surface area contributed by atoms with Crippen molar-refractivity contribution in [3.63, 3.8) is 0 Å². The Hall–Kier alpha value is -2.84. The van der Waals surface area contributed by atoms with E-state index in [1.54, 1.807) is 48.5 Å². The number of benzene rings is 2. The van der Waals surface area contributed by atoms with Gasteiger partial charge in [-0.2, -0.15) is 5.26 Å². The molecule has 1 aliphatic rings. The van der Waals surface area contributed by atoms with Crippen molar-refractivity contribution in [2.24, 2.45) is 5.92 Å². The molecule has 1 aliphatic carbocycles. The number of hydrogen-bond acceptors (Lipinski definition) is 4. The van der Waals surface area contributed by atoms with E-state index in [0.29, 0.717) is 35.6 Å². The summed E-state index contributed by atoms with van der Waals surface area (Å²) in [4.78, 5) is 12.2. The highest BCUT2D eigenvalue weighted by Gasteiger charge is 2.31. The largest absolute Gasteiger partial charge is 0.457 e. The van der Waals surface area contributed by atoms with E-state index < -0.39 is 6.10 Å². The molecular weight excluding hydrogens is 304 g/mol. The first-order chi connectivity index (χ1) is 11.7. The van der Waals surface area contributed by atoms with Crippen LogP contribution >= 0.6 is 0 Å². The Morgan fingerprint density at radius 1 is 1.17 bits per heavy atom. The predicted octanol–water partition coefficient (Wildman–Crippen LogP) is 3.45. The van der Waals surface area contributed by atoms with Gasteiger partial charge in [-0.25, -0.2) is 0 Å². The molecule has 5 nitrogen and oxygen atoms in total. The Morgan fingerprint density at radius 3 is 2.62 bits per heavy atom. The van der Waals surface area contributed by atoms with E-state index in [1.807, 2.05) is 0 Å². The van der Waals surface area contributed by atoms with E-state index in [-0.39, 0.29) is 11.8 Å². The van der Waals surface area contributed by atoms with Crippen molar-refractivity contribution in [1.82, 2.24) is 0 Å². The molecule has 1 fully saturated rings. The fraction of sp³-hybridized carbons (Fsp3) is 0.263. The van der Waals surface area contributed by atoms with E-state index in [1.165, 1.54) is 0 Å². The monoisotopic (exact) mass is 322 g/mol. The van der Waals surface area contributed by atoms with Crippen LogP contribution in [0, 0.1) is 17.2 Å². The lowest BCUT2D eigenvalue weighted by Gasteiger charge is -2.15. The highest BCUT2D eigenvalue weighted by molar-refractivity contribution is 5.93. The summed E-state index contributed by atoms with van der Waals surface area (Å²) in [6, 6.07) is 16.0. The fourth-order valence-corrected chi connectivity index (χ4v) is 2.85. The zero-order valence-corrected chi connectivity index (χ0v) is 13.1. The third kappa shape index (κ3) is 3.73. The molecule has 2 atom stereocenters. The maximum atomic E-state index is 12.2. The quantitative estimate of drug-likeness (QED) is 0.903. The van der Waals surface area contributed by atoms with Gasteiger partial charge in [-0.3, -0.25) is 4.79 Å². The van der Waals surface area contributed by atoms with Crippen molar-refractivity contribution >= 4 is 11.6 Å². The minimum atomic E-state index is -0.553. The van der Waals surface area contributed by atoms with E-state index in [4.69, 9.17) is 10.00 Å². The zero-order valence-electron chi connectivity index (χ0n) is 13.1. The molecule has 5 heteroatoms. The summed E-state index contributed by atoms with van der Waals surface area (Å²) in [5.41, 5.74) is 1.20. The lowest BCUT2D eigenvalue weighted by atomic mass is 10.1. The molecule has 1 saturated carbocycles. The van der Waals surface area contributed by atoms with Crippen molar-refractivity contribution < 1.29 is 14.6 Å². The summed E-state index contributed by atoms with van der Waals surface area (Å²) in [5.74, 6) is 0.705. The van der Waals surface area contributed by atoms with E-state index >= 15 is 0 Å². The molecule has 24 heavy (non-hydrogen) atoms. The van der Waals surface area contributed by atoms with Crippen LogP contribution in [0.4, 0.5) is 5.69 Å². The normalized spacial score (nSPS) is 19.5. The van der Waals surface area contributed by atoms with Gasteiger partial charge in [0.2, 0.25) is 5.91 Å². The van der Waals surface area contributed by atoms with Crippen molar-refractivity contribution in [2.45, 2.75) is 25.4 Å². The van der Waals surface area contributed by atoms with Crippen LogP contribution in [-0.4, -0.2) is 17.1 Å². The van der Waals surface area contributed by atoms with Gasteiger partial charge in [-0.15, -0.1) is 0 Å². The molecule has 0 aromatic heterocycles. The van der Waals surface area contributed by atoms with Gasteiger partial charge in [-0.1, -0.05) is 6.07 Å². The highest BCUT2D eigenvalue weighted by Crippen LogP contribution is 2.28. The van der Waals surface area contributed by atoms with Crippen LogP contribution in [0.1, 0.15) is 24.8 Å². The van der Waals surface area contributed by atoms with Crippen molar-refractivity contribution in [2.75, 3.05) is 5.32 Å². The Bertz CT molecular complexity index is 765. The highest BCUT2D eigenvalue weighted by atomic mass is 16.5. The summed E-state index contributed by atoms with van der Waals surface area (Å²) in [5, 5.41) is 21.5. The maximum Gasteiger partial charge on any atom is 0.230 e. The van der Waals surface area contributed by atoms with E-state index in [2.05, 4.69) is 11.4 Å². The standard InChI is InChI=1S/C19H18N2O3/c20-12-13-7-9-15(10-8-13)24-16-4-1-3-14(11-16)21-19(23)17-5-2-6-18(17)22/h1,3-4,7-11,17-18,22H,2,5-6H2,(H,21,23). The number of nitrogens with one attached hydrogen (secondary N) is 1. The van der Waals surface area contributed by atoms with Gasteiger partial charge in [0, 0.05) is 11.8 Å². The summed E-state index contributed by atoms with van der Waals surface area (Å²) < 4.78 is 5.74. The first kappa shape index (κ1) is 16.0. The second-order valence-corrected chi connectivity index (χ2v) is 5.86. The Balaban J connectivity index is 1.67. The molecule has 0 bridgehead atoms. The summed E-state index contributed by atoms with van der Waals surface area (Å²) >= 11 is 0. The SMILES string of the molecule is N#Cc1ccc(Oc2cccc(NC(=O)C3CCCC3O)c2)cc1. The number of ether oxygens (including phenoxy) is 1. The second-order valence-electron chi connectivity index (χ2n) is 5.86. The van der Waals surface area contributed by atoms with Crippen LogP contribution in [0.25, 0.3) is 0 Å². The van der Waals surface area contributed by atoms with Gasteiger partial charge >= 0.3 is 0 Å². The first-order valence-corrected chi connectivity index (χ1v) is 7.93. The molecule has 2 aromatic rings. The Morgan fingerprint density at radius 2 is 1.96 bits per heavy atom. The molecule has 3 rings (SSSR count). The van der Waals surface area contributed by atoms with Crippen molar-refractivity contribution in [3.05, 3.63) is 54.1 Å². The topological polar surface area (TPSA) is 82.3 Å². The van der Waals surface area contributed by atoms with Crippen LogP contribution in [0.3, 0.4) is 0 Å². The molecule has 0 heterocycles. The van der Waals surface area contributed by atoms with Crippen LogP contribution in [-0.2, 0) is 4.79 Å². The second kappa shape index (κ2) is 7.16. The number of anilines is 1. The third-order valence-corrected chi connectivity index (χ3v) is 4.14. The van der Waals surface area contributed by atoms with Gasteiger partial charge in [0.1, 0.15) is 11.5 Å². The van der Waals surface area contributed by atoms with Crippen LogP contribution in [0.2, 0.25) is 0 Å². The molecule has 0 saturated heterocycles. The Labute approximate surface area is 140 Å². The molecule has 2 unspecified atom stereocenters. The maximum absolute atomic E-state index is 12.2. The molecule has 2 aromatic carbocycles. The number of amides is 1. The molecule has 0 aliphatic heterocycles. The first-order valence-electron chi connectivity index (χ1n) is 7.93. The van der Waals surface area contributed by atoms with Crippen LogP contribution in [0.15, 0.2) is 48.5 Å². The lowest BCUT2D eigenvalue weighted by molar-refractivity contribution is -0.122. The summed E-state index contributed by atoms with van der Waals surface area (Å²) in [6.45, 7) is 0. The number of nitriles is 1. The number of aliphatic hydroxyl groups excluding tert-OH is 1. The number of rotatable bonds is 4. The number of hydrogen-bond donors (Lipinski definition) is 2. The molecule has 1 amide bonds. The predicted molar refractivity (Wildman–Crippen MR) is 89.7 cm³/mol. The molecule has 0 radical (unpaired) electrons. The molecule has 122 valence electrons. The van der Waals surface area contributed by atoms with Gasteiger partial charge in [0.15, 0.2) is 0 Å². The average molecular weight is 322 g/mol. The van der Waals surface area contributed by atoms with Crippen LogP contribution < -0.4 is 10.1 Å². The van der Waals surface area contributed by atoms with E-state index in [9.17, 15) is 9.90 Å². The number of carbonyl (C=O) groups excluding carboxylic acids is 1. The average Bonchev–Trinajstić information content (AvgIpc) is 3.02. The molecule has 0 spiro atoms.